The number of likely N-dealkylation sites (tertiary alicyclic amines) is 1. The number of aromatic nitrogens is 2. The highest BCUT2D eigenvalue weighted by atomic mass is 19.3. The zero-order valence-corrected chi connectivity index (χ0v) is 15.1. The van der Waals surface area contributed by atoms with Crippen LogP contribution in [0.25, 0.3) is 0 Å². The number of halogens is 3. The molecule has 7 heteroatoms. The molecular formula is C19H22F3N3O. The van der Waals surface area contributed by atoms with Gasteiger partial charge in [-0.15, -0.1) is 0 Å². The predicted molar refractivity (Wildman–Crippen MR) is 91.7 cm³/mol. The van der Waals surface area contributed by atoms with Crippen LogP contribution >= 0.6 is 0 Å². The van der Waals surface area contributed by atoms with Gasteiger partial charge in [-0.25, -0.2) is 13.5 Å². The van der Waals surface area contributed by atoms with E-state index in [4.69, 9.17) is 0 Å². The second-order valence-electron chi connectivity index (χ2n) is 6.91. The fourth-order valence-corrected chi connectivity index (χ4v) is 3.74. The smallest absolute Gasteiger partial charge is 0.283 e. The summed E-state index contributed by atoms with van der Waals surface area (Å²) in [6, 6.07) is 5.78. The van der Waals surface area contributed by atoms with Gasteiger partial charge in [0.1, 0.15) is 11.3 Å². The van der Waals surface area contributed by atoms with E-state index in [-0.39, 0.29) is 6.04 Å². The van der Waals surface area contributed by atoms with Crippen molar-refractivity contribution in [1.82, 2.24) is 14.7 Å². The van der Waals surface area contributed by atoms with Gasteiger partial charge in [0.25, 0.3) is 12.3 Å². The second kappa shape index (κ2) is 7.13. The number of carbonyl (C=O) groups excluding carboxylic acids is 1. The van der Waals surface area contributed by atoms with E-state index in [1.807, 2.05) is 32.0 Å². The molecule has 1 unspecified atom stereocenters. The fourth-order valence-electron chi connectivity index (χ4n) is 3.74. The van der Waals surface area contributed by atoms with Crippen LogP contribution in [0.2, 0.25) is 0 Å². The molecule has 2 heterocycles. The normalized spacial score (nSPS) is 17.8. The molecule has 1 aliphatic heterocycles. The van der Waals surface area contributed by atoms with E-state index in [0.29, 0.717) is 11.2 Å². The largest absolute Gasteiger partial charge is 0.331 e. The number of hydrogen-bond donors (Lipinski definition) is 0. The van der Waals surface area contributed by atoms with Crippen LogP contribution in [-0.4, -0.2) is 27.1 Å². The van der Waals surface area contributed by atoms with Gasteiger partial charge in [0, 0.05) is 13.6 Å². The number of hydrogen-bond acceptors (Lipinski definition) is 2. The minimum Gasteiger partial charge on any atom is -0.331 e. The maximum atomic E-state index is 14.4. The molecular weight excluding hydrogens is 343 g/mol. The lowest BCUT2D eigenvalue weighted by Gasteiger charge is -2.36. The lowest BCUT2D eigenvalue weighted by atomic mass is 9.92. The van der Waals surface area contributed by atoms with Gasteiger partial charge < -0.3 is 4.90 Å². The number of piperidine rings is 1. The van der Waals surface area contributed by atoms with Gasteiger partial charge in [-0.2, -0.15) is 9.49 Å². The van der Waals surface area contributed by atoms with Crippen molar-refractivity contribution in [2.45, 2.75) is 45.6 Å². The Morgan fingerprint density at radius 2 is 1.85 bits per heavy atom. The summed E-state index contributed by atoms with van der Waals surface area (Å²) in [7, 11) is 1.22. The van der Waals surface area contributed by atoms with Crippen molar-refractivity contribution in [1.29, 1.82) is 0 Å². The summed E-state index contributed by atoms with van der Waals surface area (Å²) in [6.45, 7) is 4.36. The summed E-state index contributed by atoms with van der Waals surface area (Å²) >= 11 is 0. The van der Waals surface area contributed by atoms with Crippen LogP contribution in [0.5, 0.6) is 0 Å². The standard InChI is InChI=1S/C19H22F3N3O/c1-11-8-12(2)10-13(9-11)14-6-4-5-7-25(14)19(26)15-16(17(20)21)23-24(3)18(15)22/h8-10,14,17H,4-7H2,1-3H3. The Labute approximate surface area is 150 Å². The first-order valence-electron chi connectivity index (χ1n) is 8.69. The second-order valence-corrected chi connectivity index (χ2v) is 6.91. The summed E-state index contributed by atoms with van der Waals surface area (Å²) < 4.78 is 41.6. The first kappa shape index (κ1) is 18.5. The van der Waals surface area contributed by atoms with E-state index < -0.39 is 29.5 Å². The molecule has 0 N–H and O–H groups in total. The van der Waals surface area contributed by atoms with Crippen LogP contribution in [0.3, 0.4) is 0 Å². The third-order valence-corrected chi connectivity index (χ3v) is 4.82. The zero-order valence-electron chi connectivity index (χ0n) is 15.1. The Balaban J connectivity index is 2.02. The Morgan fingerprint density at radius 1 is 1.19 bits per heavy atom. The van der Waals surface area contributed by atoms with Crippen molar-refractivity contribution >= 4 is 5.91 Å². The third-order valence-electron chi connectivity index (χ3n) is 4.82. The summed E-state index contributed by atoms with van der Waals surface area (Å²) in [4.78, 5) is 14.5. The molecule has 1 atom stereocenters. The van der Waals surface area contributed by atoms with Gasteiger partial charge in [-0.1, -0.05) is 29.3 Å². The molecule has 0 saturated carbocycles. The van der Waals surface area contributed by atoms with Gasteiger partial charge in [0.2, 0.25) is 5.95 Å². The average Bonchev–Trinajstić information content (AvgIpc) is 2.89. The molecule has 0 spiro atoms. The topological polar surface area (TPSA) is 38.1 Å². The zero-order chi connectivity index (χ0) is 19.0. The number of nitrogens with zero attached hydrogens (tertiary/aromatic N) is 3. The van der Waals surface area contributed by atoms with E-state index in [0.717, 1.165) is 36.0 Å². The van der Waals surface area contributed by atoms with Crippen molar-refractivity contribution in [3.05, 3.63) is 52.1 Å². The predicted octanol–water partition coefficient (Wildman–Crippen LogP) is 4.48. The Bertz CT molecular complexity index is 811. The molecule has 0 bridgehead atoms. The summed E-state index contributed by atoms with van der Waals surface area (Å²) in [5.41, 5.74) is 1.69. The highest BCUT2D eigenvalue weighted by Gasteiger charge is 2.35. The average molecular weight is 365 g/mol. The highest BCUT2D eigenvalue weighted by Crippen LogP contribution is 2.35. The molecule has 0 aliphatic carbocycles. The van der Waals surface area contributed by atoms with Gasteiger partial charge >= 0.3 is 0 Å². The summed E-state index contributed by atoms with van der Waals surface area (Å²) in [5.74, 6) is -1.73. The number of rotatable bonds is 3. The van der Waals surface area contributed by atoms with Crippen molar-refractivity contribution in [2.24, 2.45) is 7.05 Å². The van der Waals surface area contributed by atoms with Crippen molar-refractivity contribution in [2.75, 3.05) is 6.54 Å². The van der Waals surface area contributed by atoms with Crippen LogP contribution in [0.1, 0.15) is 64.5 Å². The summed E-state index contributed by atoms with van der Waals surface area (Å²) in [5, 5.41) is 3.50. The van der Waals surface area contributed by atoms with Gasteiger partial charge in [0.05, 0.1) is 6.04 Å². The molecule has 3 rings (SSSR count). The summed E-state index contributed by atoms with van der Waals surface area (Å²) in [6.07, 6.45) is -0.591. The minimum atomic E-state index is -3.01. The van der Waals surface area contributed by atoms with Crippen molar-refractivity contribution < 1.29 is 18.0 Å². The fraction of sp³-hybridized carbons (Fsp3) is 0.474. The lowest BCUT2D eigenvalue weighted by molar-refractivity contribution is 0.0595. The first-order valence-corrected chi connectivity index (χ1v) is 8.69. The number of benzene rings is 1. The van der Waals surface area contributed by atoms with Crippen LogP contribution in [0.15, 0.2) is 18.2 Å². The van der Waals surface area contributed by atoms with Gasteiger partial charge in [0.15, 0.2) is 0 Å². The van der Waals surface area contributed by atoms with Crippen molar-refractivity contribution in [3.63, 3.8) is 0 Å². The Kier molecular flexibility index (Phi) is 5.07. The van der Waals surface area contributed by atoms with E-state index in [9.17, 15) is 18.0 Å². The molecule has 4 nitrogen and oxygen atoms in total. The molecule has 1 aromatic heterocycles. The number of carbonyl (C=O) groups is 1. The quantitative estimate of drug-likeness (QED) is 0.804. The first-order chi connectivity index (χ1) is 12.3. The van der Waals surface area contributed by atoms with Gasteiger partial charge in [-0.05, 0) is 38.7 Å². The van der Waals surface area contributed by atoms with E-state index in [2.05, 4.69) is 5.10 Å². The van der Waals surface area contributed by atoms with Crippen LogP contribution in [0.4, 0.5) is 13.2 Å². The van der Waals surface area contributed by atoms with Crippen molar-refractivity contribution in [3.8, 4) is 0 Å². The monoisotopic (exact) mass is 365 g/mol. The van der Waals surface area contributed by atoms with Crippen LogP contribution in [-0.2, 0) is 7.05 Å². The molecule has 1 aliphatic rings. The number of aryl methyl sites for hydroxylation is 3. The highest BCUT2D eigenvalue weighted by molar-refractivity contribution is 5.96. The molecule has 1 aromatic carbocycles. The lowest BCUT2D eigenvalue weighted by Crippen LogP contribution is -2.39. The molecule has 26 heavy (non-hydrogen) atoms. The molecule has 140 valence electrons. The minimum absolute atomic E-state index is 0.250. The van der Waals surface area contributed by atoms with Crippen LogP contribution in [0, 0.1) is 19.8 Å². The Hall–Kier alpha value is -2.31. The van der Waals surface area contributed by atoms with E-state index in [1.165, 1.54) is 11.9 Å². The molecule has 1 amide bonds. The van der Waals surface area contributed by atoms with Gasteiger partial charge in [-0.3, -0.25) is 4.79 Å². The van der Waals surface area contributed by atoms with E-state index >= 15 is 0 Å². The van der Waals surface area contributed by atoms with E-state index in [1.54, 1.807) is 0 Å². The molecule has 1 fully saturated rings. The third kappa shape index (κ3) is 3.34. The number of amides is 1. The number of alkyl halides is 2. The van der Waals surface area contributed by atoms with Crippen LogP contribution < -0.4 is 0 Å². The Morgan fingerprint density at radius 3 is 2.46 bits per heavy atom. The molecule has 1 saturated heterocycles. The molecule has 2 aromatic rings. The molecule has 0 radical (unpaired) electrons. The SMILES string of the molecule is Cc1cc(C)cc(C2CCCCN2C(=O)c2c(C(F)F)nn(C)c2F)c1. The maximum Gasteiger partial charge on any atom is 0.283 e. The maximum absolute atomic E-state index is 14.4.